The summed E-state index contributed by atoms with van der Waals surface area (Å²) in [5, 5.41) is 2.76. The number of carbonyl (C=O) groups is 2. The van der Waals surface area contributed by atoms with Gasteiger partial charge in [0.15, 0.2) is 0 Å². The number of nitrogens with zero attached hydrogens (tertiary/aromatic N) is 2. The molecular formula is C26H26FN3O3. The predicted octanol–water partition coefficient (Wildman–Crippen LogP) is 4.16. The number of hydrogen-bond donors (Lipinski definition) is 1. The Balaban J connectivity index is 1.50. The van der Waals surface area contributed by atoms with Crippen molar-refractivity contribution in [3.8, 4) is 0 Å². The second-order valence-electron chi connectivity index (χ2n) is 8.06. The summed E-state index contributed by atoms with van der Waals surface area (Å²) in [6.07, 6.45) is 3.04. The van der Waals surface area contributed by atoms with E-state index in [1.165, 1.54) is 18.4 Å². The van der Waals surface area contributed by atoms with E-state index in [-0.39, 0.29) is 23.3 Å². The van der Waals surface area contributed by atoms with Crippen molar-refractivity contribution in [2.45, 2.75) is 13.8 Å². The van der Waals surface area contributed by atoms with Gasteiger partial charge in [0, 0.05) is 37.8 Å². The molecule has 2 aromatic carbocycles. The predicted molar refractivity (Wildman–Crippen MR) is 125 cm³/mol. The maximum Gasteiger partial charge on any atom is 0.270 e. The first-order valence-corrected chi connectivity index (χ1v) is 10.8. The van der Waals surface area contributed by atoms with Gasteiger partial charge in [-0.25, -0.2) is 4.39 Å². The lowest BCUT2D eigenvalue weighted by Gasteiger charge is -2.36. The Hall–Kier alpha value is -3.87. The minimum Gasteiger partial charge on any atom is -0.465 e. The van der Waals surface area contributed by atoms with Crippen LogP contribution in [0.4, 0.5) is 10.1 Å². The van der Waals surface area contributed by atoms with Crippen molar-refractivity contribution in [1.82, 2.24) is 10.2 Å². The number of carbonyl (C=O) groups excluding carboxylic acids is 2. The van der Waals surface area contributed by atoms with Crippen LogP contribution in [0.3, 0.4) is 0 Å². The van der Waals surface area contributed by atoms with Gasteiger partial charge in [0.1, 0.15) is 17.3 Å². The van der Waals surface area contributed by atoms with Crippen LogP contribution in [0.15, 0.2) is 71.0 Å². The molecule has 1 aliphatic heterocycles. The third-order valence-electron chi connectivity index (χ3n) is 5.84. The number of halogens is 1. The van der Waals surface area contributed by atoms with Crippen LogP contribution >= 0.6 is 0 Å². The minimum absolute atomic E-state index is 0.132. The van der Waals surface area contributed by atoms with Crippen LogP contribution in [0.2, 0.25) is 0 Å². The largest absolute Gasteiger partial charge is 0.465 e. The molecule has 1 aromatic heterocycles. The number of rotatable bonds is 5. The van der Waals surface area contributed by atoms with Crippen LogP contribution in [0.25, 0.3) is 6.08 Å². The van der Waals surface area contributed by atoms with E-state index >= 15 is 0 Å². The number of benzene rings is 2. The van der Waals surface area contributed by atoms with E-state index < -0.39 is 0 Å². The van der Waals surface area contributed by atoms with Gasteiger partial charge in [0.2, 0.25) is 0 Å². The molecule has 1 saturated heterocycles. The van der Waals surface area contributed by atoms with Gasteiger partial charge >= 0.3 is 0 Å². The minimum atomic E-state index is -0.366. The molecule has 0 bridgehead atoms. The van der Waals surface area contributed by atoms with Crippen LogP contribution in [-0.2, 0) is 4.79 Å². The first kappa shape index (κ1) is 22.3. The molecule has 170 valence electrons. The molecule has 33 heavy (non-hydrogen) atoms. The van der Waals surface area contributed by atoms with Gasteiger partial charge in [-0.3, -0.25) is 9.59 Å². The maximum absolute atomic E-state index is 14.1. The summed E-state index contributed by atoms with van der Waals surface area (Å²) in [7, 11) is 0. The molecule has 7 heteroatoms. The van der Waals surface area contributed by atoms with Crippen LogP contribution in [-0.4, -0.2) is 42.9 Å². The number of furan rings is 1. The average molecular weight is 448 g/mol. The Kier molecular flexibility index (Phi) is 6.58. The van der Waals surface area contributed by atoms with Crippen molar-refractivity contribution in [3.05, 3.63) is 94.8 Å². The molecule has 0 aliphatic carbocycles. The summed E-state index contributed by atoms with van der Waals surface area (Å²) in [6.45, 7) is 5.71. The van der Waals surface area contributed by atoms with E-state index in [1.807, 2.05) is 24.8 Å². The molecule has 2 amide bonds. The number of nitrogens with one attached hydrogen (secondary N) is 1. The van der Waals surface area contributed by atoms with Crippen molar-refractivity contribution < 1.29 is 18.4 Å². The van der Waals surface area contributed by atoms with Crippen molar-refractivity contribution >= 4 is 23.6 Å². The average Bonchev–Trinajstić information content (AvgIpc) is 3.33. The van der Waals surface area contributed by atoms with Crippen LogP contribution < -0.4 is 10.2 Å². The highest BCUT2D eigenvalue weighted by Gasteiger charge is 2.26. The Morgan fingerprint density at radius 2 is 1.73 bits per heavy atom. The number of piperazine rings is 1. The highest BCUT2D eigenvalue weighted by Crippen LogP contribution is 2.21. The molecule has 0 atom stereocenters. The molecule has 0 saturated carbocycles. The van der Waals surface area contributed by atoms with Crippen LogP contribution in [0.5, 0.6) is 0 Å². The lowest BCUT2D eigenvalue weighted by Crippen LogP contribution is -2.50. The molecule has 1 aliphatic rings. The fourth-order valence-electron chi connectivity index (χ4n) is 3.77. The molecular weight excluding hydrogens is 421 g/mol. The Morgan fingerprint density at radius 3 is 2.39 bits per heavy atom. The second kappa shape index (κ2) is 9.73. The number of hydrogen-bond acceptors (Lipinski definition) is 4. The molecule has 1 N–H and O–H groups in total. The van der Waals surface area contributed by atoms with Gasteiger partial charge in [0.05, 0.1) is 12.0 Å². The molecule has 3 aromatic rings. The quantitative estimate of drug-likeness (QED) is 0.597. The Labute approximate surface area is 192 Å². The summed E-state index contributed by atoms with van der Waals surface area (Å²) in [5.41, 5.74) is 3.21. The van der Waals surface area contributed by atoms with Gasteiger partial charge in [-0.2, -0.15) is 0 Å². The monoisotopic (exact) mass is 447 g/mol. The zero-order valence-corrected chi connectivity index (χ0v) is 18.7. The molecule has 1 fully saturated rings. The van der Waals surface area contributed by atoms with Gasteiger partial charge in [0.25, 0.3) is 11.8 Å². The molecule has 4 rings (SSSR count). The third kappa shape index (κ3) is 5.14. The third-order valence-corrected chi connectivity index (χ3v) is 5.84. The lowest BCUT2D eigenvalue weighted by molar-refractivity contribution is -0.127. The first-order chi connectivity index (χ1) is 15.9. The zero-order chi connectivity index (χ0) is 23.4. The summed E-state index contributed by atoms with van der Waals surface area (Å²) in [4.78, 5) is 29.8. The van der Waals surface area contributed by atoms with E-state index in [1.54, 1.807) is 47.4 Å². The van der Waals surface area contributed by atoms with Crippen LogP contribution in [0.1, 0.15) is 27.2 Å². The van der Waals surface area contributed by atoms with Gasteiger partial charge in [-0.15, -0.1) is 0 Å². The highest BCUT2D eigenvalue weighted by molar-refractivity contribution is 6.05. The summed E-state index contributed by atoms with van der Waals surface area (Å²) >= 11 is 0. The molecule has 0 spiro atoms. The molecule has 0 unspecified atom stereocenters. The fourth-order valence-corrected chi connectivity index (χ4v) is 3.77. The van der Waals surface area contributed by atoms with E-state index in [2.05, 4.69) is 5.32 Å². The topological polar surface area (TPSA) is 65.8 Å². The summed E-state index contributed by atoms with van der Waals surface area (Å²) in [6, 6.07) is 15.5. The summed E-state index contributed by atoms with van der Waals surface area (Å²) < 4.78 is 19.5. The van der Waals surface area contributed by atoms with Crippen molar-refractivity contribution in [2.24, 2.45) is 0 Å². The normalized spacial score (nSPS) is 14.3. The van der Waals surface area contributed by atoms with E-state index in [0.717, 1.165) is 11.1 Å². The Morgan fingerprint density at radius 1 is 0.970 bits per heavy atom. The number of para-hydroxylation sites is 1. The van der Waals surface area contributed by atoms with Crippen LogP contribution in [0, 0.1) is 19.7 Å². The maximum atomic E-state index is 14.1. The highest BCUT2D eigenvalue weighted by atomic mass is 19.1. The Bertz CT molecular complexity index is 1180. The number of anilines is 1. The zero-order valence-electron chi connectivity index (χ0n) is 18.7. The molecule has 0 radical (unpaired) electrons. The van der Waals surface area contributed by atoms with Gasteiger partial charge in [-0.05, 0) is 61.4 Å². The standard InChI is InChI=1S/C26H26FN3O3/c1-18-9-10-20(16-19(18)2)25(31)28-23(17-21-6-5-15-33-21)26(32)30-13-11-29(12-14-30)24-8-4-3-7-22(24)27/h3-10,15-17H,11-14H2,1-2H3,(H,28,31). The van der Waals surface area contributed by atoms with Crippen molar-refractivity contribution in [3.63, 3.8) is 0 Å². The number of amides is 2. The van der Waals surface area contributed by atoms with Crippen molar-refractivity contribution in [2.75, 3.05) is 31.1 Å². The SMILES string of the molecule is Cc1ccc(C(=O)NC(=Cc2ccco2)C(=O)N2CCN(c3ccccc3F)CC2)cc1C. The van der Waals surface area contributed by atoms with E-state index in [0.29, 0.717) is 43.2 Å². The second-order valence-corrected chi connectivity index (χ2v) is 8.06. The number of aryl methyl sites for hydroxylation is 2. The first-order valence-electron chi connectivity index (χ1n) is 10.8. The van der Waals surface area contributed by atoms with Crippen molar-refractivity contribution in [1.29, 1.82) is 0 Å². The summed E-state index contributed by atoms with van der Waals surface area (Å²) in [5.74, 6) is -0.494. The van der Waals surface area contributed by atoms with Gasteiger partial charge < -0.3 is 19.5 Å². The van der Waals surface area contributed by atoms with Gasteiger partial charge in [-0.1, -0.05) is 18.2 Å². The smallest absolute Gasteiger partial charge is 0.270 e. The molecule has 6 nitrogen and oxygen atoms in total. The lowest BCUT2D eigenvalue weighted by atomic mass is 10.1. The van der Waals surface area contributed by atoms with E-state index in [9.17, 15) is 14.0 Å². The van der Waals surface area contributed by atoms with E-state index in [4.69, 9.17) is 4.42 Å². The molecule has 2 heterocycles. The fraction of sp³-hybridized carbons (Fsp3) is 0.231.